The first-order chi connectivity index (χ1) is 8.65. The minimum atomic E-state index is -4.91. The lowest BCUT2D eigenvalue weighted by Crippen LogP contribution is -2.18. The summed E-state index contributed by atoms with van der Waals surface area (Å²) in [5, 5.41) is 8.49. The zero-order valence-corrected chi connectivity index (χ0v) is 10.4. The van der Waals surface area contributed by atoms with Crippen molar-refractivity contribution < 1.29 is 31.1 Å². The summed E-state index contributed by atoms with van der Waals surface area (Å²) in [5.41, 5.74) is -1.93. The monoisotopic (exact) mass is 301 g/mol. The van der Waals surface area contributed by atoms with Gasteiger partial charge in [-0.15, -0.1) is 0 Å². The summed E-state index contributed by atoms with van der Waals surface area (Å²) in [5.74, 6) is -1.92. The second kappa shape index (κ2) is 5.74. The van der Waals surface area contributed by atoms with E-state index >= 15 is 0 Å². The highest BCUT2D eigenvalue weighted by molar-refractivity contribution is 7.92. The maximum Gasteiger partial charge on any atom is 0.419 e. The zero-order chi connectivity index (χ0) is 14.7. The van der Waals surface area contributed by atoms with Crippen LogP contribution in [0.3, 0.4) is 0 Å². The molecular formula is C10H11F4NO3S. The second-order valence-electron chi connectivity index (χ2n) is 3.69. The summed E-state index contributed by atoms with van der Waals surface area (Å²) in [6.07, 6.45) is -4.96. The summed E-state index contributed by atoms with van der Waals surface area (Å²) in [7, 11) is -3.87. The minimum Gasteiger partial charge on any atom is -0.396 e. The summed E-state index contributed by atoms with van der Waals surface area (Å²) >= 11 is 0. The third-order valence-corrected chi connectivity index (χ3v) is 3.49. The topological polar surface area (TPSA) is 66.4 Å². The van der Waals surface area contributed by atoms with Crippen molar-refractivity contribution in [3.8, 4) is 0 Å². The average molecular weight is 301 g/mol. The van der Waals surface area contributed by atoms with E-state index in [1.165, 1.54) is 0 Å². The molecule has 0 radical (unpaired) electrons. The molecule has 108 valence electrons. The van der Waals surface area contributed by atoms with Crippen molar-refractivity contribution in [2.45, 2.75) is 12.6 Å². The molecule has 0 bridgehead atoms. The van der Waals surface area contributed by atoms with E-state index in [-0.39, 0.29) is 18.7 Å². The molecule has 4 nitrogen and oxygen atoms in total. The minimum absolute atomic E-state index is 0.0529. The van der Waals surface area contributed by atoms with Gasteiger partial charge in [0.2, 0.25) is 10.0 Å². The highest BCUT2D eigenvalue weighted by Gasteiger charge is 2.34. The van der Waals surface area contributed by atoms with Gasteiger partial charge < -0.3 is 5.11 Å². The van der Waals surface area contributed by atoms with Gasteiger partial charge in [-0.05, 0) is 24.6 Å². The number of sulfonamides is 1. The Balaban J connectivity index is 2.98. The number of hydrogen-bond acceptors (Lipinski definition) is 3. The molecule has 0 spiro atoms. The van der Waals surface area contributed by atoms with Gasteiger partial charge in [0.05, 0.1) is 11.3 Å². The molecule has 0 heterocycles. The van der Waals surface area contributed by atoms with Gasteiger partial charge in [-0.3, -0.25) is 4.72 Å². The molecule has 1 aromatic rings. The van der Waals surface area contributed by atoms with Crippen molar-refractivity contribution in [2.75, 3.05) is 17.1 Å². The van der Waals surface area contributed by atoms with Crippen molar-refractivity contribution in [1.29, 1.82) is 0 Å². The molecule has 0 aliphatic heterocycles. The van der Waals surface area contributed by atoms with E-state index in [0.717, 1.165) is 6.07 Å². The fraction of sp³-hybridized carbons (Fsp3) is 0.400. The number of alkyl halides is 3. The van der Waals surface area contributed by atoms with E-state index in [1.807, 2.05) is 4.72 Å². The van der Waals surface area contributed by atoms with Crippen LogP contribution in [-0.2, 0) is 16.2 Å². The van der Waals surface area contributed by atoms with E-state index in [1.54, 1.807) is 0 Å². The van der Waals surface area contributed by atoms with Crippen LogP contribution in [-0.4, -0.2) is 25.9 Å². The lowest BCUT2D eigenvalue weighted by molar-refractivity contribution is -0.139. The van der Waals surface area contributed by atoms with Gasteiger partial charge in [-0.25, -0.2) is 12.8 Å². The molecule has 0 aromatic heterocycles. The third-order valence-electron chi connectivity index (χ3n) is 2.12. The van der Waals surface area contributed by atoms with Gasteiger partial charge >= 0.3 is 6.18 Å². The number of benzene rings is 1. The average Bonchev–Trinajstić information content (AvgIpc) is 2.27. The molecule has 19 heavy (non-hydrogen) atoms. The second-order valence-corrected chi connectivity index (χ2v) is 5.53. The molecule has 0 unspecified atom stereocenters. The van der Waals surface area contributed by atoms with Gasteiger partial charge in [0.25, 0.3) is 0 Å². The summed E-state index contributed by atoms with van der Waals surface area (Å²) in [4.78, 5) is 0. The van der Waals surface area contributed by atoms with Crippen LogP contribution < -0.4 is 4.72 Å². The zero-order valence-electron chi connectivity index (χ0n) is 9.54. The smallest absolute Gasteiger partial charge is 0.396 e. The maximum atomic E-state index is 13.0. The van der Waals surface area contributed by atoms with Crippen molar-refractivity contribution in [3.63, 3.8) is 0 Å². The van der Waals surface area contributed by atoms with Crippen LogP contribution in [0.5, 0.6) is 0 Å². The van der Waals surface area contributed by atoms with Gasteiger partial charge in [0.1, 0.15) is 5.82 Å². The molecular weight excluding hydrogens is 290 g/mol. The maximum absolute atomic E-state index is 13.0. The van der Waals surface area contributed by atoms with Crippen LogP contribution in [0.1, 0.15) is 12.0 Å². The number of anilines is 1. The van der Waals surface area contributed by atoms with E-state index in [2.05, 4.69) is 0 Å². The van der Waals surface area contributed by atoms with Crippen LogP contribution in [0.15, 0.2) is 18.2 Å². The predicted molar refractivity (Wildman–Crippen MR) is 60.5 cm³/mol. The SMILES string of the molecule is O=S(=O)(CCCO)Nc1ccc(F)c(C(F)(F)F)c1. The Kier molecular flexibility index (Phi) is 4.75. The Bertz CT molecular complexity index is 542. The van der Waals surface area contributed by atoms with Crippen molar-refractivity contribution in [3.05, 3.63) is 29.6 Å². The van der Waals surface area contributed by atoms with Gasteiger partial charge in [-0.2, -0.15) is 13.2 Å². The molecule has 0 aliphatic carbocycles. The van der Waals surface area contributed by atoms with Crippen LogP contribution in [0.25, 0.3) is 0 Å². The fourth-order valence-corrected chi connectivity index (χ4v) is 2.39. The molecule has 1 aromatic carbocycles. The van der Waals surface area contributed by atoms with Gasteiger partial charge in [-0.1, -0.05) is 0 Å². The van der Waals surface area contributed by atoms with Crippen molar-refractivity contribution >= 4 is 15.7 Å². The van der Waals surface area contributed by atoms with E-state index in [9.17, 15) is 26.0 Å². The standard InChI is InChI=1S/C10H11F4NO3S/c11-9-3-2-7(6-8(9)10(12,13)14)15-19(17,18)5-1-4-16/h2-3,6,15-16H,1,4-5H2. The Morgan fingerprint density at radius 3 is 2.42 bits per heavy atom. The molecule has 9 heteroatoms. The summed E-state index contributed by atoms with van der Waals surface area (Å²) < 4.78 is 74.9. The van der Waals surface area contributed by atoms with Crippen LogP contribution in [0, 0.1) is 5.82 Å². The van der Waals surface area contributed by atoms with Crippen molar-refractivity contribution in [1.82, 2.24) is 0 Å². The molecule has 0 amide bonds. The van der Waals surface area contributed by atoms with E-state index in [0.29, 0.717) is 12.1 Å². The summed E-state index contributed by atoms with van der Waals surface area (Å²) in [6.45, 7) is -0.363. The number of halogens is 4. The predicted octanol–water partition coefficient (Wildman–Crippen LogP) is 1.97. The quantitative estimate of drug-likeness (QED) is 0.817. The highest BCUT2D eigenvalue weighted by Crippen LogP contribution is 2.33. The van der Waals surface area contributed by atoms with E-state index in [4.69, 9.17) is 5.11 Å². The molecule has 1 rings (SSSR count). The molecule has 2 N–H and O–H groups in total. The van der Waals surface area contributed by atoms with Crippen LogP contribution >= 0.6 is 0 Å². The molecule has 0 saturated carbocycles. The third kappa shape index (κ3) is 4.67. The van der Waals surface area contributed by atoms with Gasteiger partial charge in [0, 0.05) is 12.3 Å². The lowest BCUT2D eigenvalue weighted by Gasteiger charge is -2.11. The number of nitrogens with one attached hydrogen (secondary N) is 1. The Hall–Kier alpha value is -1.35. The Morgan fingerprint density at radius 1 is 1.26 bits per heavy atom. The van der Waals surface area contributed by atoms with Gasteiger partial charge in [0.15, 0.2) is 0 Å². The Morgan fingerprint density at radius 2 is 1.89 bits per heavy atom. The highest BCUT2D eigenvalue weighted by atomic mass is 32.2. The fourth-order valence-electron chi connectivity index (χ4n) is 1.29. The first kappa shape index (κ1) is 15.7. The number of aliphatic hydroxyl groups excluding tert-OH is 1. The molecule has 0 saturated heterocycles. The number of aliphatic hydroxyl groups is 1. The first-order valence-corrected chi connectivity index (χ1v) is 6.79. The van der Waals surface area contributed by atoms with Crippen molar-refractivity contribution in [2.24, 2.45) is 0 Å². The first-order valence-electron chi connectivity index (χ1n) is 5.14. The van der Waals surface area contributed by atoms with E-state index < -0.39 is 33.3 Å². The summed E-state index contributed by atoms with van der Waals surface area (Å²) in [6, 6.07) is 1.81. The number of hydrogen-bond donors (Lipinski definition) is 2. The molecule has 0 fully saturated rings. The molecule has 0 aliphatic rings. The normalized spacial score (nSPS) is 12.5. The largest absolute Gasteiger partial charge is 0.419 e. The van der Waals surface area contributed by atoms with Crippen LogP contribution in [0.2, 0.25) is 0 Å². The molecule has 0 atom stereocenters. The lowest BCUT2D eigenvalue weighted by atomic mass is 10.2. The Labute approximate surface area is 107 Å². The number of rotatable bonds is 5. The van der Waals surface area contributed by atoms with Crippen LogP contribution in [0.4, 0.5) is 23.2 Å².